The highest BCUT2D eigenvalue weighted by Crippen LogP contribution is 2.24. The molecule has 0 saturated carbocycles. The standard InChI is InChI=1S/C14H14BrNO3/c1-8-3-6-13(19-8)9(2)16-14(18)10-4-5-11(15)12(17)7-10/h3-7,9,17H,1-2H3,(H,16,18). The summed E-state index contributed by atoms with van der Waals surface area (Å²) in [6.45, 7) is 3.69. The molecule has 0 aliphatic carbocycles. The summed E-state index contributed by atoms with van der Waals surface area (Å²) in [5.41, 5.74) is 0.399. The zero-order valence-corrected chi connectivity index (χ0v) is 12.2. The molecule has 100 valence electrons. The van der Waals surface area contributed by atoms with Gasteiger partial charge in [0.1, 0.15) is 17.3 Å². The van der Waals surface area contributed by atoms with E-state index in [-0.39, 0.29) is 17.7 Å². The number of amides is 1. The molecule has 1 heterocycles. The van der Waals surface area contributed by atoms with Gasteiger partial charge < -0.3 is 14.8 Å². The zero-order valence-electron chi connectivity index (χ0n) is 10.6. The number of aromatic hydroxyl groups is 1. The fourth-order valence-corrected chi connectivity index (χ4v) is 1.94. The maximum absolute atomic E-state index is 12.0. The fraction of sp³-hybridized carbons (Fsp3) is 0.214. The summed E-state index contributed by atoms with van der Waals surface area (Å²) < 4.78 is 6.01. The van der Waals surface area contributed by atoms with Crippen LogP contribution in [0.1, 0.15) is 34.8 Å². The van der Waals surface area contributed by atoms with Crippen LogP contribution in [0.15, 0.2) is 39.2 Å². The van der Waals surface area contributed by atoms with E-state index in [1.165, 1.54) is 6.07 Å². The number of carbonyl (C=O) groups is 1. The van der Waals surface area contributed by atoms with Crippen LogP contribution in [0.2, 0.25) is 0 Å². The third-order valence-electron chi connectivity index (χ3n) is 2.74. The first-order valence-electron chi connectivity index (χ1n) is 5.83. The van der Waals surface area contributed by atoms with E-state index in [4.69, 9.17) is 4.42 Å². The van der Waals surface area contributed by atoms with E-state index in [0.29, 0.717) is 15.8 Å². The highest BCUT2D eigenvalue weighted by molar-refractivity contribution is 9.10. The molecule has 1 aromatic heterocycles. The molecule has 5 heteroatoms. The molecular formula is C14H14BrNO3. The molecule has 1 amide bonds. The van der Waals surface area contributed by atoms with Crippen molar-refractivity contribution in [2.45, 2.75) is 19.9 Å². The third kappa shape index (κ3) is 3.17. The number of aryl methyl sites for hydroxylation is 1. The smallest absolute Gasteiger partial charge is 0.251 e. The number of nitrogens with one attached hydrogen (secondary N) is 1. The van der Waals surface area contributed by atoms with Crippen LogP contribution < -0.4 is 5.32 Å². The molecule has 4 nitrogen and oxygen atoms in total. The fourth-order valence-electron chi connectivity index (χ4n) is 1.69. The quantitative estimate of drug-likeness (QED) is 0.908. The van der Waals surface area contributed by atoms with Crippen LogP contribution >= 0.6 is 15.9 Å². The first kappa shape index (κ1) is 13.7. The molecule has 1 aromatic carbocycles. The molecule has 1 unspecified atom stereocenters. The van der Waals surface area contributed by atoms with Crippen LogP contribution in [-0.2, 0) is 0 Å². The van der Waals surface area contributed by atoms with E-state index in [0.717, 1.165) is 5.76 Å². The van der Waals surface area contributed by atoms with Crippen LogP contribution in [0.4, 0.5) is 0 Å². The number of hydrogen-bond acceptors (Lipinski definition) is 3. The van der Waals surface area contributed by atoms with Gasteiger partial charge in [0.15, 0.2) is 0 Å². The monoisotopic (exact) mass is 323 g/mol. The molecular weight excluding hydrogens is 310 g/mol. The molecule has 0 radical (unpaired) electrons. The van der Waals surface area contributed by atoms with Gasteiger partial charge in [-0.1, -0.05) is 0 Å². The van der Waals surface area contributed by atoms with Gasteiger partial charge in [0.05, 0.1) is 10.5 Å². The normalized spacial score (nSPS) is 12.2. The van der Waals surface area contributed by atoms with Gasteiger partial charge in [-0.25, -0.2) is 0 Å². The van der Waals surface area contributed by atoms with Crippen molar-refractivity contribution in [1.29, 1.82) is 0 Å². The Balaban J connectivity index is 2.10. The predicted molar refractivity (Wildman–Crippen MR) is 75.1 cm³/mol. The SMILES string of the molecule is Cc1ccc(C(C)NC(=O)c2ccc(Br)c(O)c2)o1. The lowest BCUT2D eigenvalue weighted by molar-refractivity contribution is 0.0934. The molecule has 1 atom stereocenters. The largest absolute Gasteiger partial charge is 0.507 e. The van der Waals surface area contributed by atoms with Crippen molar-refractivity contribution < 1.29 is 14.3 Å². The highest BCUT2D eigenvalue weighted by atomic mass is 79.9. The van der Waals surface area contributed by atoms with Crippen molar-refractivity contribution in [2.75, 3.05) is 0 Å². The van der Waals surface area contributed by atoms with Crippen molar-refractivity contribution in [1.82, 2.24) is 5.32 Å². The summed E-state index contributed by atoms with van der Waals surface area (Å²) in [5.74, 6) is 1.28. The first-order chi connectivity index (χ1) is 8.97. The number of phenols is 1. The summed E-state index contributed by atoms with van der Waals surface area (Å²) in [4.78, 5) is 12.0. The van der Waals surface area contributed by atoms with Crippen molar-refractivity contribution in [2.24, 2.45) is 0 Å². The van der Waals surface area contributed by atoms with Crippen LogP contribution in [0.25, 0.3) is 0 Å². The molecule has 0 bridgehead atoms. The lowest BCUT2D eigenvalue weighted by Gasteiger charge is -2.12. The Hall–Kier alpha value is -1.75. The van der Waals surface area contributed by atoms with E-state index >= 15 is 0 Å². The Morgan fingerprint density at radius 3 is 2.68 bits per heavy atom. The number of hydrogen-bond donors (Lipinski definition) is 2. The van der Waals surface area contributed by atoms with E-state index < -0.39 is 0 Å². The second kappa shape index (κ2) is 5.48. The Kier molecular flexibility index (Phi) is 3.95. The van der Waals surface area contributed by atoms with E-state index in [1.807, 2.05) is 26.0 Å². The molecule has 2 N–H and O–H groups in total. The van der Waals surface area contributed by atoms with Gasteiger partial charge in [-0.15, -0.1) is 0 Å². The van der Waals surface area contributed by atoms with Crippen LogP contribution in [0.3, 0.4) is 0 Å². The van der Waals surface area contributed by atoms with Crippen LogP contribution in [0.5, 0.6) is 5.75 Å². The maximum atomic E-state index is 12.0. The minimum absolute atomic E-state index is 0.0362. The van der Waals surface area contributed by atoms with Crippen molar-refractivity contribution >= 4 is 21.8 Å². The van der Waals surface area contributed by atoms with Gasteiger partial charge in [-0.3, -0.25) is 4.79 Å². The van der Waals surface area contributed by atoms with Crippen LogP contribution in [0, 0.1) is 6.92 Å². The summed E-state index contributed by atoms with van der Waals surface area (Å²) in [6, 6.07) is 8.14. The van der Waals surface area contributed by atoms with Gasteiger partial charge >= 0.3 is 0 Å². The van der Waals surface area contributed by atoms with Crippen molar-refractivity contribution in [3.05, 3.63) is 51.9 Å². The molecule has 2 rings (SSSR count). The Bertz CT molecular complexity index is 606. The van der Waals surface area contributed by atoms with Gasteiger partial charge in [0.2, 0.25) is 0 Å². The summed E-state index contributed by atoms with van der Waals surface area (Å²) in [6.07, 6.45) is 0. The number of halogens is 1. The minimum Gasteiger partial charge on any atom is -0.507 e. The van der Waals surface area contributed by atoms with Crippen molar-refractivity contribution in [3.63, 3.8) is 0 Å². The van der Waals surface area contributed by atoms with Crippen LogP contribution in [-0.4, -0.2) is 11.0 Å². The van der Waals surface area contributed by atoms with Gasteiger partial charge in [0, 0.05) is 5.56 Å². The Labute approximate surface area is 119 Å². The average molecular weight is 324 g/mol. The summed E-state index contributed by atoms with van der Waals surface area (Å²) >= 11 is 3.17. The Morgan fingerprint density at radius 2 is 2.11 bits per heavy atom. The van der Waals surface area contributed by atoms with Gasteiger partial charge in [0.25, 0.3) is 5.91 Å². The second-order valence-electron chi connectivity index (χ2n) is 4.31. The summed E-state index contributed by atoms with van der Waals surface area (Å²) in [5, 5.41) is 12.4. The lowest BCUT2D eigenvalue weighted by atomic mass is 10.2. The van der Waals surface area contributed by atoms with Gasteiger partial charge in [-0.05, 0) is 60.1 Å². The second-order valence-corrected chi connectivity index (χ2v) is 5.16. The zero-order chi connectivity index (χ0) is 14.0. The van der Waals surface area contributed by atoms with E-state index in [2.05, 4.69) is 21.2 Å². The summed E-state index contributed by atoms with van der Waals surface area (Å²) in [7, 11) is 0. The molecule has 0 spiro atoms. The molecule has 2 aromatic rings. The third-order valence-corrected chi connectivity index (χ3v) is 3.41. The number of rotatable bonds is 3. The molecule has 0 saturated heterocycles. The number of carbonyl (C=O) groups excluding carboxylic acids is 1. The maximum Gasteiger partial charge on any atom is 0.251 e. The highest BCUT2D eigenvalue weighted by Gasteiger charge is 2.14. The minimum atomic E-state index is -0.260. The Morgan fingerprint density at radius 1 is 1.37 bits per heavy atom. The lowest BCUT2D eigenvalue weighted by Crippen LogP contribution is -2.26. The molecule has 0 aliphatic rings. The number of phenolic OH excluding ortho intramolecular Hbond substituents is 1. The predicted octanol–water partition coefficient (Wildman–Crippen LogP) is 3.55. The first-order valence-corrected chi connectivity index (χ1v) is 6.62. The molecule has 19 heavy (non-hydrogen) atoms. The molecule has 0 aliphatic heterocycles. The van der Waals surface area contributed by atoms with Gasteiger partial charge in [-0.2, -0.15) is 0 Å². The number of benzene rings is 1. The molecule has 0 fully saturated rings. The number of furan rings is 1. The van der Waals surface area contributed by atoms with Crippen molar-refractivity contribution in [3.8, 4) is 5.75 Å². The van der Waals surface area contributed by atoms with E-state index in [9.17, 15) is 9.90 Å². The van der Waals surface area contributed by atoms with E-state index in [1.54, 1.807) is 12.1 Å². The topological polar surface area (TPSA) is 62.5 Å². The average Bonchev–Trinajstić information content (AvgIpc) is 2.79.